The molecule has 0 radical (unpaired) electrons. The van der Waals surface area contributed by atoms with Gasteiger partial charge in [0.15, 0.2) is 0 Å². The zero-order valence-corrected chi connectivity index (χ0v) is 12.3. The van der Waals surface area contributed by atoms with E-state index in [-0.39, 0.29) is 11.9 Å². The van der Waals surface area contributed by atoms with E-state index in [1.165, 1.54) is 12.1 Å². The average Bonchev–Trinajstić information content (AvgIpc) is 2.52. The van der Waals surface area contributed by atoms with Gasteiger partial charge in [0.25, 0.3) is 0 Å². The fourth-order valence-corrected chi connectivity index (χ4v) is 2.09. The lowest BCUT2D eigenvalue weighted by Gasteiger charge is -2.19. The van der Waals surface area contributed by atoms with Crippen LogP contribution in [0.5, 0.6) is 11.5 Å². The van der Waals surface area contributed by atoms with Gasteiger partial charge in [-0.05, 0) is 36.4 Å². The van der Waals surface area contributed by atoms with Crippen molar-refractivity contribution < 1.29 is 13.9 Å². The molecule has 1 atom stereocenters. The molecule has 2 aromatic carbocycles. The Labute approximate surface area is 124 Å². The maximum absolute atomic E-state index is 13.1. The predicted molar refractivity (Wildman–Crippen MR) is 81.3 cm³/mol. The molecule has 21 heavy (non-hydrogen) atoms. The topological polar surface area (TPSA) is 30.5 Å². The van der Waals surface area contributed by atoms with E-state index in [0.29, 0.717) is 12.4 Å². The minimum atomic E-state index is -0.294. The Morgan fingerprint density at radius 1 is 1.10 bits per heavy atom. The zero-order valence-electron chi connectivity index (χ0n) is 12.3. The largest absolute Gasteiger partial charge is 0.497 e. The lowest BCUT2D eigenvalue weighted by atomic mass is 10.1. The van der Waals surface area contributed by atoms with E-state index in [1.54, 1.807) is 19.2 Å². The molecule has 0 aliphatic rings. The lowest BCUT2D eigenvalue weighted by molar-refractivity contribution is 0.267. The minimum Gasteiger partial charge on any atom is -0.497 e. The third kappa shape index (κ3) is 4.46. The van der Waals surface area contributed by atoms with Crippen LogP contribution in [0.3, 0.4) is 0 Å². The van der Waals surface area contributed by atoms with Gasteiger partial charge in [-0.3, -0.25) is 0 Å². The van der Waals surface area contributed by atoms with Crippen LogP contribution in [0, 0.1) is 5.82 Å². The number of hydrogen-bond donors (Lipinski definition) is 1. The molecule has 0 fully saturated rings. The normalized spacial score (nSPS) is 12.0. The first-order valence-electron chi connectivity index (χ1n) is 6.98. The van der Waals surface area contributed by atoms with Crippen molar-refractivity contribution in [1.29, 1.82) is 0 Å². The van der Waals surface area contributed by atoms with Gasteiger partial charge in [0.05, 0.1) is 13.2 Å². The third-order valence-electron chi connectivity index (χ3n) is 3.18. The number of halogens is 1. The third-order valence-corrected chi connectivity index (χ3v) is 3.18. The summed E-state index contributed by atoms with van der Waals surface area (Å²) in [7, 11) is 1.64. The minimum absolute atomic E-state index is 0.0455. The van der Waals surface area contributed by atoms with Gasteiger partial charge in [0.1, 0.15) is 23.9 Å². The van der Waals surface area contributed by atoms with Crippen molar-refractivity contribution in [3.05, 3.63) is 59.9 Å². The summed E-state index contributed by atoms with van der Waals surface area (Å²) in [6, 6.07) is 14.1. The Kier molecular flexibility index (Phi) is 5.58. The van der Waals surface area contributed by atoms with E-state index >= 15 is 0 Å². The van der Waals surface area contributed by atoms with Crippen LogP contribution < -0.4 is 14.8 Å². The molecule has 1 unspecified atom stereocenters. The summed E-state index contributed by atoms with van der Waals surface area (Å²) >= 11 is 0. The van der Waals surface area contributed by atoms with Crippen molar-refractivity contribution in [1.82, 2.24) is 5.32 Å². The molecular formula is C17H20FNO2. The number of ether oxygens (including phenoxy) is 2. The SMILES string of the molecule is CCNC(COc1cccc(F)c1)c1ccc(OC)cc1. The van der Waals surface area contributed by atoms with Gasteiger partial charge in [0, 0.05) is 6.07 Å². The van der Waals surface area contributed by atoms with Crippen LogP contribution >= 0.6 is 0 Å². The molecule has 2 rings (SSSR count). The van der Waals surface area contributed by atoms with Crippen molar-refractivity contribution in [3.8, 4) is 11.5 Å². The molecule has 0 saturated carbocycles. The maximum Gasteiger partial charge on any atom is 0.126 e. The maximum atomic E-state index is 13.1. The van der Waals surface area contributed by atoms with E-state index in [2.05, 4.69) is 5.32 Å². The number of hydrogen-bond acceptors (Lipinski definition) is 3. The molecule has 0 spiro atoms. The Bertz CT molecular complexity index is 557. The second-order valence-electron chi connectivity index (χ2n) is 4.65. The Balaban J connectivity index is 2.04. The van der Waals surface area contributed by atoms with Crippen LogP contribution in [0.1, 0.15) is 18.5 Å². The van der Waals surface area contributed by atoms with Gasteiger partial charge in [-0.25, -0.2) is 4.39 Å². The molecule has 0 amide bonds. The van der Waals surface area contributed by atoms with Crippen LogP contribution in [0.15, 0.2) is 48.5 Å². The molecule has 0 heterocycles. The fraction of sp³-hybridized carbons (Fsp3) is 0.294. The molecule has 112 valence electrons. The van der Waals surface area contributed by atoms with Gasteiger partial charge in [-0.1, -0.05) is 25.1 Å². The van der Waals surface area contributed by atoms with Crippen molar-refractivity contribution >= 4 is 0 Å². The summed E-state index contributed by atoms with van der Waals surface area (Å²) in [5.74, 6) is 1.06. The van der Waals surface area contributed by atoms with Crippen LogP contribution in [-0.4, -0.2) is 20.3 Å². The predicted octanol–water partition coefficient (Wildman–Crippen LogP) is 3.56. The summed E-state index contributed by atoms with van der Waals surface area (Å²) in [6.07, 6.45) is 0. The highest BCUT2D eigenvalue weighted by molar-refractivity contribution is 5.29. The Hall–Kier alpha value is -2.07. The van der Waals surface area contributed by atoms with Crippen molar-refractivity contribution in [2.45, 2.75) is 13.0 Å². The van der Waals surface area contributed by atoms with E-state index in [9.17, 15) is 4.39 Å². The van der Waals surface area contributed by atoms with Crippen molar-refractivity contribution in [3.63, 3.8) is 0 Å². The molecule has 0 saturated heterocycles. The first kappa shape index (κ1) is 15.3. The van der Waals surface area contributed by atoms with Gasteiger partial charge in [-0.2, -0.15) is 0 Å². The smallest absolute Gasteiger partial charge is 0.126 e. The summed E-state index contributed by atoms with van der Waals surface area (Å²) < 4.78 is 24.0. The second kappa shape index (κ2) is 7.64. The van der Waals surface area contributed by atoms with Gasteiger partial charge < -0.3 is 14.8 Å². The first-order chi connectivity index (χ1) is 10.2. The van der Waals surface area contributed by atoms with Crippen LogP contribution in [-0.2, 0) is 0 Å². The molecule has 2 aromatic rings. The summed E-state index contributed by atoms with van der Waals surface area (Å²) in [5.41, 5.74) is 1.11. The highest BCUT2D eigenvalue weighted by atomic mass is 19.1. The van der Waals surface area contributed by atoms with Crippen LogP contribution in [0.4, 0.5) is 4.39 Å². The summed E-state index contributed by atoms with van der Waals surface area (Å²) in [4.78, 5) is 0. The van der Waals surface area contributed by atoms with E-state index in [1.807, 2.05) is 31.2 Å². The molecule has 0 aromatic heterocycles. The number of methoxy groups -OCH3 is 1. The number of rotatable bonds is 7. The molecule has 1 N–H and O–H groups in total. The highest BCUT2D eigenvalue weighted by Crippen LogP contribution is 2.20. The van der Waals surface area contributed by atoms with Gasteiger partial charge in [0.2, 0.25) is 0 Å². The number of likely N-dealkylation sites (N-methyl/N-ethyl adjacent to an activating group) is 1. The molecule has 4 heteroatoms. The molecule has 0 aliphatic carbocycles. The van der Waals surface area contributed by atoms with Gasteiger partial charge in [-0.15, -0.1) is 0 Å². The zero-order chi connectivity index (χ0) is 15.1. The second-order valence-corrected chi connectivity index (χ2v) is 4.65. The number of benzene rings is 2. The van der Waals surface area contributed by atoms with Crippen molar-refractivity contribution in [2.24, 2.45) is 0 Å². The summed E-state index contributed by atoms with van der Waals surface area (Å²) in [5, 5.41) is 3.36. The lowest BCUT2D eigenvalue weighted by Crippen LogP contribution is -2.26. The van der Waals surface area contributed by atoms with Crippen LogP contribution in [0.2, 0.25) is 0 Å². The molecule has 0 aliphatic heterocycles. The quantitative estimate of drug-likeness (QED) is 0.845. The van der Waals surface area contributed by atoms with Gasteiger partial charge >= 0.3 is 0 Å². The monoisotopic (exact) mass is 289 g/mol. The fourth-order valence-electron chi connectivity index (χ4n) is 2.09. The average molecular weight is 289 g/mol. The standard InChI is InChI=1S/C17H20FNO2/c1-3-19-17(13-7-9-15(20-2)10-8-13)12-21-16-6-4-5-14(18)11-16/h4-11,17,19H,3,12H2,1-2H3. The molecular weight excluding hydrogens is 269 g/mol. The van der Waals surface area contributed by atoms with Crippen LogP contribution in [0.25, 0.3) is 0 Å². The van der Waals surface area contributed by atoms with Crippen molar-refractivity contribution in [2.75, 3.05) is 20.3 Å². The Morgan fingerprint density at radius 2 is 1.86 bits per heavy atom. The number of nitrogens with one attached hydrogen (secondary N) is 1. The van der Waals surface area contributed by atoms with E-state index in [4.69, 9.17) is 9.47 Å². The van der Waals surface area contributed by atoms with E-state index in [0.717, 1.165) is 17.9 Å². The first-order valence-corrected chi connectivity index (χ1v) is 6.98. The molecule has 3 nitrogen and oxygen atoms in total. The highest BCUT2D eigenvalue weighted by Gasteiger charge is 2.11. The molecule has 0 bridgehead atoms. The van der Waals surface area contributed by atoms with E-state index < -0.39 is 0 Å². The Morgan fingerprint density at radius 3 is 2.48 bits per heavy atom. The summed E-state index contributed by atoms with van der Waals surface area (Å²) in [6.45, 7) is 3.30.